The summed E-state index contributed by atoms with van der Waals surface area (Å²) in [6.07, 6.45) is 0. The molecule has 1 amide bonds. The van der Waals surface area contributed by atoms with Crippen LogP contribution >= 0.6 is 36.2 Å². The van der Waals surface area contributed by atoms with Gasteiger partial charge in [0, 0.05) is 17.7 Å². The number of halogens is 2. The van der Waals surface area contributed by atoms with Gasteiger partial charge in [0.2, 0.25) is 0 Å². The molecule has 0 radical (unpaired) electrons. The number of anilines is 2. The zero-order chi connectivity index (χ0) is 25.9. The summed E-state index contributed by atoms with van der Waals surface area (Å²) >= 11 is 1.43. The first kappa shape index (κ1) is 29.8. The molecule has 39 heavy (non-hydrogen) atoms. The fraction of sp³-hybridized carbons (Fsp3) is 0.179. The zero-order valence-corrected chi connectivity index (χ0v) is 23.7. The quantitative estimate of drug-likeness (QED) is 0.206. The predicted molar refractivity (Wildman–Crippen MR) is 162 cm³/mol. The van der Waals surface area contributed by atoms with Crippen LogP contribution in [0.3, 0.4) is 0 Å². The van der Waals surface area contributed by atoms with E-state index in [9.17, 15) is 9.90 Å². The number of para-hydroxylation sites is 1. The maximum atomic E-state index is 12.9. The molecule has 0 saturated heterocycles. The summed E-state index contributed by atoms with van der Waals surface area (Å²) in [4.78, 5) is 19.1. The third-order valence-corrected chi connectivity index (χ3v) is 6.90. The predicted octanol–water partition coefficient (Wildman–Crippen LogP) is 6.96. The molecule has 11 heteroatoms. The van der Waals surface area contributed by atoms with E-state index in [1.807, 2.05) is 44.2 Å². The largest absolute Gasteiger partial charge is 0.510 e. The molecule has 0 atom stereocenters. The number of hydrogen-bond acceptors (Lipinski definition) is 7. The number of carbonyl (C=O) groups excluding carboxylic acids is 1. The maximum absolute atomic E-state index is 12.9. The lowest BCUT2D eigenvalue weighted by Gasteiger charge is -2.24. The van der Waals surface area contributed by atoms with Crippen LogP contribution in [0.1, 0.15) is 29.2 Å². The molecule has 8 nitrogen and oxygen atoms in total. The Morgan fingerprint density at radius 1 is 1.03 bits per heavy atom. The lowest BCUT2D eigenvalue weighted by atomic mass is 10.1. The molecule has 0 saturated carbocycles. The van der Waals surface area contributed by atoms with Crippen molar-refractivity contribution >= 4 is 75.1 Å². The molecule has 4 aromatic rings. The first-order chi connectivity index (χ1) is 18.0. The van der Waals surface area contributed by atoms with Crippen LogP contribution in [-0.2, 0) is 0 Å². The van der Waals surface area contributed by atoms with Gasteiger partial charge >= 0.3 is 0 Å². The third kappa shape index (κ3) is 5.95. The second-order valence-corrected chi connectivity index (χ2v) is 9.28. The molecule has 204 valence electrons. The Morgan fingerprint density at radius 2 is 1.69 bits per heavy atom. The Labute approximate surface area is 242 Å². The van der Waals surface area contributed by atoms with Crippen LogP contribution in [0.4, 0.5) is 11.4 Å². The number of hydrogen-bond donors (Lipinski definition) is 3. The highest BCUT2D eigenvalue weighted by Gasteiger charge is 2.33. The Morgan fingerprint density at radius 3 is 2.38 bits per heavy atom. The van der Waals surface area contributed by atoms with Gasteiger partial charge in [-0.3, -0.25) is 10.2 Å². The molecule has 0 aliphatic carbocycles. The van der Waals surface area contributed by atoms with Gasteiger partial charge in [0.25, 0.3) is 5.91 Å². The van der Waals surface area contributed by atoms with Gasteiger partial charge in [-0.2, -0.15) is 0 Å². The lowest BCUT2D eigenvalue weighted by Crippen LogP contribution is -2.27. The summed E-state index contributed by atoms with van der Waals surface area (Å²) in [6.45, 7) is 4.55. The van der Waals surface area contributed by atoms with E-state index in [1.165, 1.54) is 11.3 Å². The highest BCUT2D eigenvalue weighted by molar-refractivity contribution is 7.19. The highest BCUT2D eigenvalue weighted by Crippen LogP contribution is 2.43. The zero-order valence-electron chi connectivity index (χ0n) is 21.3. The van der Waals surface area contributed by atoms with Crippen molar-refractivity contribution in [2.75, 3.05) is 30.0 Å². The summed E-state index contributed by atoms with van der Waals surface area (Å²) < 4.78 is 12.8. The molecule has 1 aromatic heterocycles. The van der Waals surface area contributed by atoms with Gasteiger partial charge in [-0.25, -0.2) is 4.98 Å². The van der Waals surface area contributed by atoms with E-state index in [-0.39, 0.29) is 48.9 Å². The monoisotopic (exact) mass is 586 g/mol. The maximum Gasteiger partial charge on any atom is 0.255 e. The van der Waals surface area contributed by atoms with Gasteiger partial charge in [-0.05, 0) is 38.1 Å². The molecule has 3 N–H and O–H groups in total. The summed E-state index contributed by atoms with van der Waals surface area (Å²) in [7, 11) is 0. The molecule has 5 rings (SSSR count). The van der Waals surface area contributed by atoms with Crippen LogP contribution in [-0.4, -0.2) is 41.6 Å². The average Bonchev–Trinajstić information content (AvgIpc) is 3.45. The molecule has 3 aromatic carbocycles. The van der Waals surface area contributed by atoms with E-state index >= 15 is 0 Å². The molecule has 2 heterocycles. The van der Waals surface area contributed by atoms with Crippen molar-refractivity contribution in [1.29, 1.82) is 5.41 Å². The van der Waals surface area contributed by atoms with Crippen molar-refractivity contribution in [3.05, 3.63) is 83.1 Å². The van der Waals surface area contributed by atoms with E-state index < -0.39 is 0 Å². The standard InChI is InChI=1S/C28H26N4O4S.2ClH/c1-3-35-22-15-20(23(36-4-2)14-19(22)30-27(34)17-10-6-5-7-11-17)32-16-21(33)25(26(32)29)28-31-18-12-8-9-13-24(18)37-28;;/h5-15,29,33H,3-4,16H2,1-2H3,(H,30,34);2*1H. The smallest absolute Gasteiger partial charge is 0.255 e. The minimum atomic E-state index is -0.275. The van der Waals surface area contributed by atoms with Crippen molar-refractivity contribution in [2.45, 2.75) is 13.8 Å². The molecular formula is C28H28Cl2N4O4S. The van der Waals surface area contributed by atoms with Crippen molar-refractivity contribution in [3.8, 4) is 11.5 Å². The fourth-order valence-corrected chi connectivity index (χ4v) is 5.21. The second-order valence-electron chi connectivity index (χ2n) is 8.25. The number of ether oxygens (including phenoxy) is 2. The van der Waals surface area contributed by atoms with Crippen molar-refractivity contribution in [2.24, 2.45) is 0 Å². The van der Waals surface area contributed by atoms with Crippen LogP contribution in [0.2, 0.25) is 0 Å². The summed E-state index contributed by atoms with van der Waals surface area (Å²) in [6, 6.07) is 20.1. The summed E-state index contributed by atoms with van der Waals surface area (Å²) in [5.41, 5.74) is 2.74. The van der Waals surface area contributed by atoms with E-state index in [2.05, 4.69) is 10.3 Å². The van der Waals surface area contributed by atoms with Gasteiger partial charge in [-0.1, -0.05) is 30.3 Å². The van der Waals surface area contributed by atoms with Crippen LogP contribution < -0.4 is 19.7 Å². The number of nitrogens with one attached hydrogen (secondary N) is 2. The fourth-order valence-electron chi connectivity index (χ4n) is 4.18. The number of carbonyl (C=O) groups is 1. The normalized spacial score (nSPS) is 12.7. The van der Waals surface area contributed by atoms with Crippen LogP contribution in [0, 0.1) is 5.41 Å². The first-order valence-corrected chi connectivity index (χ1v) is 12.8. The number of amidine groups is 1. The number of aliphatic hydroxyl groups excluding tert-OH is 1. The van der Waals surface area contributed by atoms with E-state index in [0.717, 1.165) is 10.2 Å². The highest BCUT2D eigenvalue weighted by atomic mass is 35.5. The van der Waals surface area contributed by atoms with Gasteiger partial charge in [0.1, 0.15) is 28.1 Å². The van der Waals surface area contributed by atoms with E-state index in [0.29, 0.717) is 52.2 Å². The number of fused-ring (bicyclic) bond motifs is 1. The number of nitrogens with zero attached hydrogens (tertiary/aromatic N) is 2. The van der Waals surface area contributed by atoms with Crippen LogP contribution in [0.25, 0.3) is 15.8 Å². The Kier molecular flexibility index (Phi) is 9.80. The first-order valence-electron chi connectivity index (χ1n) is 11.9. The minimum absolute atomic E-state index is 0. The number of rotatable bonds is 8. The topological polar surface area (TPSA) is 108 Å². The number of aromatic nitrogens is 1. The number of thiazole rings is 1. The summed E-state index contributed by atoms with van der Waals surface area (Å²) in [5, 5.41) is 23.3. The summed E-state index contributed by atoms with van der Waals surface area (Å²) in [5.74, 6) is 0.790. The number of amides is 1. The Balaban J connectivity index is 0.00000210. The second kappa shape index (κ2) is 12.8. The van der Waals surface area contributed by atoms with Crippen molar-refractivity contribution in [3.63, 3.8) is 0 Å². The molecule has 1 aliphatic heterocycles. The molecule has 0 fully saturated rings. The third-order valence-electron chi connectivity index (χ3n) is 5.85. The van der Waals surface area contributed by atoms with Crippen LogP contribution in [0.15, 0.2) is 72.5 Å². The SMILES string of the molecule is CCOc1cc(N2CC(O)=C(c3nc4ccccc4s3)C2=N)c(OCC)cc1NC(=O)c1ccccc1.Cl.Cl. The minimum Gasteiger partial charge on any atom is -0.510 e. The Hall–Kier alpha value is -3.79. The number of benzene rings is 3. The molecule has 0 bridgehead atoms. The number of aliphatic hydroxyl groups is 1. The van der Waals surface area contributed by atoms with Crippen molar-refractivity contribution < 1.29 is 19.4 Å². The molecule has 1 aliphatic rings. The van der Waals surface area contributed by atoms with E-state index in [1.54, 1.807) is 41.3 Å². The molecule has 0 spiro atoms. The van der Waals surface area contributed by atoms with Crippen molar-refractivity contribution in [1.82, 2.24) is 4.98 Å². The molecular weight excluding hydrogens is 559 g/mol. The lowest BCUT2D eigenvalue weighted by molar-refractivity contribution is 0.102. The Bertz CT molecular complexity index is 1490. The van der Waals surface area contributed by atoms with Gasteiger partial charge in [-0.15, -0.1) is 36.2 Å². The van der Waals surface area contributed by atoms with Gasteiger partial charge < -0.3 is 24.8 Å². The molecule has 0 unspecified atom stereocenters. The van der Waals surface area contributed by atoms with Crippen LogP contribution in [0.5, 0.6) is 11.5 Å². The van der Waals surface area contributed by atoms with Gasteiger partial charge in [0.05, 0.1) is 46.9 Å². The van der Waals surface area contributed by atoms with E-state index in [4.69, 9.17) is 14.9 Å². The average molecular weight is 588 g/mol. The van der Waals surface area contributed by atoms with Gasteiger partial charge in [0.15, 0.2) is 0 Å².